The highest BCUT2D eigenvalue weighted by molar-refractivity contribution is 6.07. The molecule has 1 atom stereocenters. The van der Waals surface area contributed by atoms with Crippen molar-refractivity contribution in [1.82, 2.24) is 10.4 Å². The highest BCUT2D eigenvalue weighted by Gasteiger charge is 2.26. The molecule has 110 valence electrons. The van der Waals surface area contributed by atoms with Gasteiger partial charge in [0, 0.05) is 36.0 Å². The lowest BCUT2D eigenvalue weighted by atomic mass is 9.89. The molecule has 0 saturated heterocycles. The minimum atomic E-state index is 0.239. The Kier molecular flexibility index (Phi) is 3.11. The number of hydrogen-bond donors (Lipinski definition) is 2. The Morgan fingerprint density at radius 3 is 2.82 bits per heavy atom. The van der Waals surface area contributed by atoms with Gasteiger partial charge < -0.3 is 10.6 Å². The third-order valence-electron chi connectivity index (χ3n) is 4.40. The van der Waals surface area contributed by atoms with E-state index in [9.17, 15) is 0 Å². The summed E-state index contributed by atoms with van der Waals surface area (Å²) < 4.78 is 0. The van der Waals surface area contributed by atoms with Crippen LogP contribution in [0.1, 0.15) is 34.6 Å². The van der Waals surface area contributed by atoms with Crippen LogP contribution < -0.4 is 5.43 Å². The van der Waals surface area contributed by atoms with Gasteiger partial charge in [-0.05, 0) is 36.1 Å². The van der Waals surface area contributed by atoms with E-state index in [0.29, 0.717) is 0 Å². The van der Waals surface area contributed by atoms with Crippen LogP contribution in [-0.2, 0) is 6.42 Å². The van der Waals surface area contributed by atoms with Gasteiger partial charge in [0.1, 0.15) is 0 Å². The molecule has 1 aromatic carbocycles. The third-order valence-corrected chi connectivity index (χ3v) is 4.40. The molecule has 5 heteroatoms. The summed E-state index contributed by atoms with van der Waals surface area (Å²) in [5.41, 5.74) is 9.62. The van der Waals surface area contributed by atoms with Gasteiger partial charge in [0.25, 0.3) is 0 Å². The van der Waals surface area contributed by atoms with Crippen LogP contribution in [0.3, 0.4) is 0 Å². The lowest BCUT2D eigenvalue weighted by Crippen LogP contribution is -2.15. The average molecular weight is 292 g/mol. The number of hydrogen-bond acceptors (Lipinski definition) is 5. The fraction of sp³-hybridized carbons (Fsp3) is 0.235. The first-order valence-electron chi connectivity index (χ1n) is 7.42. The molecule has 22 heavy (non-hydrogen) atoms. The summed E-state index contributed by atoms with van der Waals surface area (Å²) in [5, 5.41) is 16.9. The monoisotopic (exact) mass is 292 g/mol. The molecule has 0 saturated carbocycles. The number of aryl methyl sites for hydroxylation is 1. The van der Waals surface area contributed by atoms with Gasteiger partial charge in [-0.1, -0.05) is 23.4 Å². The molecule has 0 radical (unpaired) electrons. The van der Waals surface area contributed by atoms with E-state index in [1.807, 2.05) is 12.1 Å². The third kappa shape index (κ3) is 2.06. The molecule has 4 rings (SSSR count). The van der Waals surface area contributed by atoms with Crippen LogP contribution in [0.5, 0.6) is 0 Å². The van der Waals surface area contributed by atoms with Crippen molar-refractivity contribution in [2.24, 2.45) is 10.3 Å². The normalized spacial score (nSPS) is 21.5. The molecule has 0 amide bonds. The quantitative estimate of drug-likeness (QED) is 0.659. The van der Waals surface area contributed by atoms with E-state index in [1.54, 1.807) is 12.4 Å². The van der Waals surface area contributed by atoms with E-state index in [2.05, 4.69) is 38.9 Å². The maximum absolute atomic E-state index is 9.04. The Bertz CT molecular complexity index is 767. The fourth-order valence-corrected chi connectivity index (χ4v) is 3.27. The zero-order valence-corrected chi connectivity index (χ0v) is 12.0. The topological polar surface area (TPSA) is 69.9 Å². The first-order valence-corrected chi connectivity index (χ1v) is 7.42. The summed E-state index contributed by atoms with van der Waals surface area (Å²) in [4.78, 5) is 4.07. The van der Waals surface area contributed by atoms with Gasteiger partial charge in [-0.15, -0.1) is 0 Å². The number of rotatable bonds is 2. The first-order chi connectivity index (χ1) is 10.9. The van der Waals surface area contributed by atoms with Gasteiger partial charge in [-0.2, -0.15) is 5.10 Å². The van der Waals surface area contributed by atoms with Crippen molar-refractivity contribution in [2.75, 3.05) is 6.54 Å². The molecule has 0 spiro atoms. The molecule has 1 unspecified atom stereocenters. The second-order valence-electron chi connectivity index (χ2n) is 5.61. The standard InChI is InChI=1S/C17H16N4O/c22-21-16-4-2-12-9-13(1-3-14(12)16)15-10-19-20-17(15)11-5-7-18-8-6-11/h1,3,5-9,15,19,22H,2,4,10H2/b21-16+. The van der Waals surface area contributed by atoms with Crippen LogP contribution in [0, 0.1) is 0 Å². The van der Waals surface area contributed by atoms with Gasteiger partial charge in [0.15, 0.2) is 0 Å². The number of hydrazone groups is 1. The summed E-state index contributed by atoms with van der Waals surface area (Å²) in [5.74, 6) is 0.239. The van der Waals surface area contributed by atoms with Crippen LogP contribution in [0.15, 0.2) is 53.0 Å². The fourth-order valence-electron chi connectivity index (χ4n) is 3.27. The van der Waals surface area contributed by atoms with Crippen molar-refractivity contribution < 1.29 is 5.21 Å². The van der Waals surface area contributed by atoms with Crippen molar-refractivity contribution in [3.8, 4) is 0 Å². The lowest BCUT2D eigenvalue weighted by Gasteiger charge is -2.14. The molecule has 1 aliphatic heterocycles. The molecule has 2 aromatic rings. The predicted molar refractivity (Wildman–Crippen MR) is 84.6 cm³/mol. The molecular formula is C17H16N4O. The number of oxime groups is 1. The number of benzene rings is 1. The Labute approximate surface area is 128 Å². The summed E-state index contributed by atoms with van der Waals surface area (Å²) in [7, 11) is 0. The highest BCUT2D eigenvalue weighted by Crippen LogP contribution is 2.30. The van der Waals surface area contributed by atoms with Crippen LogP contribution >= 0.6 is 0 Å². The molecule has 2 N–H and O–H groups in total. The van der Waals surface area contributed by atoms with E-state index < -0.39 is 0 Å². The second kappa shape index (κ2) is 5.26. The van der Waals surface area contributed by atoms with Crippen molar-refractivity contribution >= 4 is 11.4 Å². The Morgan fingerprint density at radius 1 is 1.14 bits per heavy atom. The second-order valence-corrected chi connectivity index (χ2v) is 5.61. The Balaban J connectivity index is 1.70. The van der Waals surface area contributed by atoms with Gasteiger partial charge in [0.2, 0.25) is 0 Å². The van der Waals surface area contributed by atoms with E-state index in [-0.39, 0.29) is 5.92 Å². The van der Waals surface area contributed by atoms with Gasteiger partial charge in [-0.25, -0.2) is 0 Å². The Morgan fingerprint density at radius 2 is 2.00 bits per heavy atom. The smallest absolute Gasteiger partial charge is 0.0873 e. The largest absolute Gasteiger partial charge is 0.411 e. The zero-order chi connectivity index (χ0) is 14.9. The van der Waals surface area contributed by atoms with E-state index in [4.69, 9.17) is 5.21 Å². The minimum Gasteiger partial charge on any atom is -0.411 e. The molecule has 2 heterocycles. The molecule has 5 nitrogen and oxygen atoms in total. The van der Waals surface area contributed by atoms with Gasteiger partial charge in [0.05, 0.1) is 11.4 Å². The van der Waals surface area contributed by atoms with Gasteiger partial charge >= 0.3 is 0 Å². The van der Waals surface area contributed by atoms with Crippen molar-refractivity contribution in [2.45, 2.75) is 18.8 Å². The summed E-state index contributed by atoms with van der Waals surface area (Å²) >= 11 is 0. The minimum absolute atomic E-state index is 0.239. The zero-order valence-electron chi connectivity index (χ0n) is 12.0. The molecule has 0 fully saturated rings. The molecule has 0 bridgehead atoms. The number of aromatic nitrogens is 1. The summed E-state index contributed by atoms with van der Waals surface area (Å²) in [6.45, 7) is 0.803. The first kappa shape index (κ1) is 13.0. The van der Waals surface area contributed by atoms with Crippen LogP contribution in [0.4, 0.5) is 0 Å². The number of pyridine rings is 1. The predicted octanol–water partition coefficient (Wildman–Crippen LogP) is 2.30. The number of fused-ring (bicyclic) bond motifs is 1. The maximum atomic E-state index is 9.04. The van der Waals surface area contributed by atoms with Crippen molar-refractivity contribution in [3.63, 3.8) is 0 Å². The van der Waals surface area contributed by atoms with Crippen molar-refractivity contribution in [1.29, 1.82) is 0 Å². The summed E-state index contributed by atoms with van der Waals surface area (Å²) in [6.07, 6.45) is 5.33. The van der Waals surface area contributed by atoms with Crippen LogP contribution in [-0.4, -0.2) is 28.2 Å². The van der Waals surface area contributed by atoms with Gasteiger partial charge in [-0.3, -0.25) is 4.98 Å². The number of nitrogens with one attached hydrogen (secondary N) is 1. The molecule has 1 aliphatic carbocycles. The molecular weight excluding hydrogens is 276 g/mol. The highest BCUT2D eigenvalue weighted by atomic mass is 16.4. The van der Waals surface area contributed by atoms with E-state index in [1.165, 1.54) is 11.1 Å². The van der Waals surface area contributed by atoms with E-state index >= 15 is 0 Å². The van der Waals surface area contributed by atoms with Crippen molar-refractivity contribution in [3.05, 3.63) is 65.0 Å². The van der Waals surface area contributed by atoms with Crippen LogP contribution in [0.25, 0.3) is 0 Å². The average Bonchev–Trinajstić information content (AvgIpc) is 3.21. The number of nitrogens with zero attached hydrogens (tertiary/aromatic N) is 3. The summed E-state index contributed by atoms with van der Waals surface area (Å²) in [6, 6.07) is 10.4. The maximum Gasteiger partial charge on any atom is 0.0873 e. The van der Waals surface area contributed by atoms with Crippen LogP contribution in [0.2, 0.25) is 0 Å². The SMILES string of the molecule is O/N=C1\CCc2cc(C3CNN=C3c3ccncc3)ccc21. The Hall–Kier alpha value is -2.69. The lowest BCUT2D eigenvalue weighted by molar-refractivity contribution is 0.318. The molecule has 1 aromatic heterocycles. The molecule has 2 aliphatic rings. The van der Waals surface area contributed by atoms with E-state index in [0.717, 1.165) is 41.9 Å².